The summed E-state index contributed by atoms with van der Waals surface area (Å²) in [6.07, 6.45) is 36.1. The van der Waals surface area contributed by atoms with E-state index in [9.17, 15) is 28.8 Å². The molecule has 5 unspecified atom stereocenters. The standard InChI is InChI=1S/C17H28O2.C15H28O2.C14H26O2.2C13H24O2.C12H22O2/c1-5-16(2,3)15(18)19-17(4)10-11-9-14(17)13-8-6-7-12(11)13;1-7-14(5,6)12(16)17-15(13(2,3)4)10-8-9-11-15;1-6-13(4,5)12(15)16-14(11(2)3)9-7-8-10-14;1-5-12(2,3)11(14)15-13(4)9-7-6-8-10-13;1-5-12(3,4)11(14)15-13(6-2)9-7-8-10-13;1-5-11(2,3)10(13)14-12(4)8-6-7-9-12/h11-14H,5-10H2,1-4H3;7-11H2,1-6H3;11H,6-10H2,1-5H3;2*5-10H2,1-4H3;5-9H2,1-4H3. The van der Waals surface area contributed by atoms with Crippen LogP contribution in [0, 0.1) is 67.5 Å². The summed E-state index contributed by atoms with van der Waals surface area (Å²) in [5, 5.41) is 0. The lowest BCUT2D eigenvalue weighted by Gasteiger charge is -2.42. The molecule has 0 amide bonds. The van der Waals surface area contributed by atoms with Crippen LogP contribution < -0.4 is 0 Å². The second-order valence-corrected chi connectivity index (χ2v) is 37.4. The van der Waals surface area contributed by atoms with Gasteiger partial charge in [0.25, 0.3) is 0 Å². The lowest BCUT2D eigenvalue weighted by atomic mass is 9.73. The molecule has 0 N–H and O–H groups in total. The molecule has 0 radical (unpaired) electrons. The van der Waals surface area contributed by atoms with Gasteiger partial charge in [-0.2, -0.15) is 0 Å². The summed E-state index contributed by atoms with van der Waals surface area (Å²) in [6.45, 7) is 55.2. The summed E-state index contributed by atoms with van der Waals surface area (Å²) in [7, 11) is 0. The van der Waals surface area contributed by atoms with Crippen molar-refractivity contribution in [1.29, 1.82) is 0 Å². The van der Waals surface area contributed by atoms with Crippen LogP contribution in [-0.2, 0) is 57.2 Å². The highest BCUT2D eigenvalue weighted by Gasteiger charge is 2.61. The van der Waals surface area contributed by atoms with Gasteiger partial charge in [-0.3, -0.25) is 28.8 Å². The number of fused-ring (bicyclic) bond motifs is 5. The number of hydrogen-bond donors (Lipinski definition) is 0. The predicted octanol–water partition coefficient (Wildman–Crippen LogP) is 23.1. The van der Waals surface area contributed by atoms with E-state index in [1.165, 1.54) is 96.3 Å². The maximum absolute atomic E-state index is 12.4. The lowest BCUT2D eigenvalue weighted by molar-refractivity contribution is -0.183. The molecule has 12 heteroatoms. The second-order valence-electron chi connectivity index (χ2n) is 37.4. The molecule has 8 saturated carbocycles. The van der Waals surface area contributed by atoms with E-state index in [1.54, 1.807) is 0 Å². The van der Waals surface area contributed by atoms with Crippen molar-refractivity contribution in [3.05, 3.63) is 0 Å². The lowest BCUT2D eigenvalue weighted by Crippen LogP contribution is -2.47. The minimum Gasteiger partial charge on any atom is -0.459 e. The van der Waals surface area contributed by atoms with Crippen LogP contribution in [0.15, 0.2) is 0 Å². The van der Waals surface area contributed by atoms with Crippen molar-refractivity contribution >= 4 is 35.8 Å². The van der Waals surface area contributed by atoms with Crippen molar-refractivity contribution < 1.29 is 57.2 Å². The number of rotatable bonds is 20. The first-order valence-electron chi connectivity index (χ1n) is 39.5. The highest BCUT2D eigenvalue weighted by atomic mass is 16.6. The molecule has 5 atom stereocenters. The molecule has 560 valence electrons. The van der Waals surface area contributed by atoms with Crippen molar-refractivity contribution in [3.63, 3.8) is 0 Å². The van der Waals surface area contributed by atoms with Gasteiger partial charge < -0.3 is 28.4 Å². The predicted molar refractivity (Wildman–Crippen MR) is 393 cm³/mol. The maximum atomic E-state index is 12.4. The summed E-state index contributed by atoms with van der Waals surface area (Å²) in [4.78, 5) is 72.6. The van der Waals surface area contributed by atoms with Gasteiger partial charge in [0, 0.05) is 11.3 Å². The third-order valence-corrected chi connectivity index (χ3v) is 26.3. The number of hydrogen-bond acceptors (Lipinski definition) is 12. The van der Waals surface area contributed by atoms with Crippen molar-refractivity contribution in [1.82, 2.24) is 0 Å². The molecule has 0 saturated heterocycles. The zero-order chi connectivity index (χ0) is 73.4. The number of carbonyl (C=O) groups is 6. The van der Waals surface area contributed by atoms with E-state index in [1.807, 2.05) is 118 Å². The molecule has 0 heterocycles. The van der Waals surface area contributed by atoms with Gasteiger partial charge in [-0.05, 0) is 327 Å². The monoisotopic (exact) mass is 1350 g/mol. The van der Waals surface area contributed by atoms with E-state index in [0.717, 1.165) is 133 Å². The van der Waals surface area contributed by atoms with Crippen LogP contribution in [0.5, 0.6) is 0 Å². The van der Waals surface area contributed by atoms with Gasteiger partial charge >= 0.3 is 35.8 Å². The molecule has 2 bridgehead atoms. The highest BCUT2D eigenvalue weighted by Crippen LogP contribution is 2.63. The molecule has 12 nitrogen and oxygen atoms in total. The molecular weight excluding hydrogens is 1200 g/mol. The first kappa shape index (κ1) is 87.0. The quantitative estimate of drug-likeness (QED) is 0.0840. The van der Waals surface area contributed by atoms with Crippen molar-refractivity contribution in [2.75, 3.05) is 0 Å². The van der Waals surface area contributed by atoms with Crippen LogP contribution in [0.25, 0.3) is 0 Å². The average Bonchev–Trinajstić information content (AvgIpc) is 1.57. The average molecular weight is 1350 g/mol. The normalized spacial score (nSPS) is 25.2. The Hall–Kier alpha value is -3.18. The molecule has 0 spiro atoms. The molecule has 0 aromatic rings. The van der Waals surface area contributed by atoms with Gasteiger partial charge in [-0.1, -0.05) is 95.9 Å². The Bertz CT molecular complexity index is 2440. The van der Waals surface area contributed by atoms with Crippen molar-refractivity contribution in [2.24, 2.45) is 67.5 Å². The van der Waals surface area contributed by atoms with Gasteiger partial charge in [-0.15, -0.1) is 0 Å². The van der Waals surface area contributed by atoms with Crippen LogP contribution >= 0.6 is 0 Å². The molecule has 96 heavy (non-hydrogen) atoms. The van der Waals surface area contributed by atoms with Crippen molar-refractivity contribution in [2.45, 2.75) is 432 Å². The Morgan fingerprint density at radius 1 is 0.365 bits per heavy atom. The Balaban J connectivity index is 0.000000301. The molecule has 8 fully saturated rings. The Morgan fingerprint density at radius 3 is 1.04 bits per heavy atom. The van der Waals surface area contributed by atoms with E-state index < -0.39 is 0 Å². The van der Waals surface area contributed by atoms with Gasteiger partial charge in [0.2, 0.25) is 0 Å². The van der Waals surface area contributed by atoms with Gasteiger partial charge in [0.1, 0.15) is 33.6 Å². The van der Waals surface area contributed by atoms with Gasteiger partial charge in [-0.25, -0.2) is 0 Å². The second kappa shape index (κ2) is 35.1. The first-order valence-corrected chi connectivity index (χ1v) is 39.5. The van der Waals surface area contributed by atoms with Crippen LogP contribution in [0.3, 0.4) is 0 Å². The van der Waals surface area contributed by atoms with Crippen molar-refractivity contribution in [3.8, 4) is 0 Å². The zero-order valence-electron chi connectivity index (χ0n) is 67.6. The Kier molecular flexibility index (Phi) is 31.9. The van der Waals surface area contributed by atoms with Crippen LogP contribution in [0.1, 0.15) is 399 Å². The van der Waals surface area contributed by atoms with Crippen LogP contribution in [-0.4, -0.2) is 69.4 Å². The Labute approximate surface area is 590 Å². The maximum Gasteiger partial charge on any atom is 0.312 e. The Morgan fingerprint density at radius 2 is 0.677 bits per heavy atom. The number of ether oxygens (including phenoxy) is 6. The molecule has 0 aliphatic heterocycles. The SMILES string of the molecule is CCC(C)(C)C(=O)OC1(C(C)(C)C)CCCC1.CCC(C)(C)C(=O)OC1(C(C)C)CCCC1.CCC(C)(C)C(=O)OC1(C)CC2CC1C1CCCC21.CCC(C)(C)C(=O)OC1(C)CCCC1.CCC(C)(C)C(=O)OC1(C)CCCCC1.CCC1(OC(=O)C(C)(C)CC)CCCC1. The molecule has 8 aliphatic rings. The topological polar surface area (TPSA) is 158 Å². The summed E-state index contributed by atoms with van der Waals surface area (Å²) >= 11 is 0. The van der Waals surface area contributed by atoms with Crippen LogP contribution in [0.2, 0.25) is 0 Å². The molecule has 0 aromatic carbocycles. The third-order valence-electron chi connectivity index (χ3n) is 26.3. The molecule has 0 aromatic heterocycles. The smallest absolute Gasteiger partial charge is 0.312 e. The molecular formula is C84H152O12. The zero-order valence-corrected chi connectivity index (χ0v) is 67.6. The van der Waals surface area contributed by atoms with Crippen LogP contribution in [0.4, 0.5) is 0 Å². The fourth-order valence-electron chi connectivity index (χ4n) is 15.3. The molecule has 8 aliphatic carbocycles. The fraction of sp³-hybridized carbons (Fsp3) is 0.929. The van der Waals surface area contributed by atoms with Gasteiger partial charge in [0.15, 0.2) is 0 Å². The van der Waals surface area contributed by atoms with E-state index in [0.29, 0.717) is 11.8 Å². The van der Waals surface area contributed by atoms with E-state index >= 15 is 0 Å². The van der Waals surface area contributed by atoms with E-state index in [4.69, 9.17) is 28.4 Å². The first-order chi connectivity index (χ1) is 44.1. The van der Waals surface area contributed by atoms with E-state index in [2.05, 4.69) is 69.2 Å². The summed E-state index contributed by atoms with van der Waals surface area (Å²) in [5.41, 5.74) is -3.08. The summed E-state index contributed by atoms with van der Waals surface area (Å²) < 4.78 is 35.0. The highest BCUT2D eigenvalue weighted by molar-refractivity contribution is 5.78. The fourth-order valence-corrected chi connectivity index (χ4v) is 15.3. The third kappa shape index (κ3) is 23.2. The summed E-state index contributed by atoms with van der Waals surface area (Å²) in [5.74, 6) is 3.57. The molecule has 8 rings (SSSR count). The largest absolute Gasteiger partial charge is 0.459 e. The minimum absolute atomic E-state index is 0.0135. The number of carbonyl (C=O) groups excluding carboxylic acids is 6. The minimum atomic E-state index is -0.360. The number of esters is 6. The summed E-state index contributed by atoms with van der Waals surface area (Å²) in [6, 6.07) is 0. The van der Waals surface area contributed by atoms with Gasteiger partial charge in [0.05, 0.1) is 32.5 Å². The van der Waals surface area contributed by atoms with E-state index in [-0.39, 0.29) is 107 Å².